The number of nitrogens with zero attached hydrogens (tertiary/aromatic N) is 4. The molecule has 1 saturated heterocycles. The number of aromatic amines is 1. The highest BCUT2D eigenvalue weighted by atomic mass is 35.5. The van der Waals surface area contributed by atoms with E-state index in [1.807, 2.05) is 18.2 Å². The lowest BCUT2D eigenvalue weighted by Gasteiger charge is -2.39. The number of aliphatic hydroxyl groups excluding tert-OH is 1. The molecule has 0 saturated carbocycles. The highest BCUT2D eigenvalue weighted by Crippen LogP contribution is 2.44. The van der Waals surface area contributed by atoms with Gasteiger partial charge in [0.2, 0.25) is 0 Å². The smallest absolute Gasteiger partial charge is 0.275 e. The summed E-state index contributed by atoms with van der Waals surface area (Å²) in [6, 6.07) is 19.2. The number of nitrogens with one attached hydrogen (secondary N) is 2. The quantitative estimate of drug-likeness (QED) is 0.0812. The summed E-state index contributed by atoms with van der Waals surface area (Å²) in [5.41, 5.74) is 5.85. The van der Waals surface area contributed by atoms with E-state index in [1.165, 1.54) is 40.7 Å². The Balaban J connectivity index is 1.03. The number of rotatable bonds is 12. The Morgan fingerprint density at radius 1 is 1.10 bits per heavy atom. The van der Waals surface area contributed by atoms with Crippen molar-refractivity contribution >= 4 is 67.3 Å². The van der Waals surface area contributed by atoms with E-state index in [2.05, 4.69) is 50.5 Å². The fourth-order valence-corrected chi connectivity index (χ4v) is 10.9. The molecule has 0 radical (unpaired) electrons. The zero-order valence-electron chi connectivity index (χ0n) is 33.4. The molecule has 5 aromatic rings. The fraction of sp³-hybridized carbons (Fsp3) is 0.364. The van der Waals surface area contributed by atoms with Crippen molar-refractivity contribution in [1.82, 2.24) is 19.6 Å². The van der Waals surface area contributed by atoms with Gasteiger partial charge in [-0.15, -0.1) is 11.8 Å². The molecule has 0 unspecified atom stereocenters. The van der Waals surface area contributed by atoms with Crippen molar-refractivity contribution in [2.75, 3.05) is 50.0 Å². The van der Waals surface area contributed by atoms with Crippen LogP contribution in [0.4, 0.5) is 11.4 Å². The molecule has 314 valence electrons. The second-order valence-corrected chi connectivity index (χ2v) is 19.7. The van der Waals surface area contributed by atoms with Gasteiger partial charge in [-0.25, -0.2) is 18.1 Å². The molecule has 3 aliphatic rings. The van der Waals surface area contributed by atoms with Gasteiger partial charge in [0.15, 0.2) is 0 Å². The van der Waals surface area contributed by atoms with Crippen LogP contribution in [0.25, 0.3) is 16.6 Å². The number of aliphatic hydroxyl groups is 1. The number of H-pyrrole nitrogens is 1. The van der Waals surface area contributed by atoms with Gasteiger partial charge in [-0.05, 0) is 97.0 Å². The van der Waals surface area contributed by atoms with Gasteiger partial charge in [0.25, 0.3) is 21.6 Å². The third kappa shape index (κ3) is 9.20. The first-order chi connectivity index (χ1) is 28.7. The number of pyridine rings is 1. The molecule has 13 nitrogen and oxygen atoms in total. The molecule has 16 heteroatoms. The Morgan fingerprint density at radius 2 is 1.88 bits per heavy atom. The molecule has 3 N–H and O–H groups in total. The minimum absolute atomic E-state index is 0.0211. The number of piperazine rings is 1. The molecule has 1 fully saturated rings. The number of aromatic nitrogens is 2. The number of nitro groups is 1. The minimum Gasteiger partial charge on any atom is -0.455 e. The van der Waals surface area contributed by atoms with E-state index in [4.69, 9.17) is 16.3 Å². The topological polar surface area (TPSA) is 171 Å². The van der Waals surface area contributed by atoms with Gasteiger partial charge in [0, 0.05) is 90.0 Å². The number of carbonyl (C=O) groups is 1. The molecule has 0 spiro atoms. The van der Waals surface area contributed by atoms with Crippen LogP contribution in [0.3, 0.4) is 0 Å². The fourth-order valence-electron chi connectivity index (χ4n) is 8.40. The number of fused-ring (bicyclic) bond motifs is 2. The molecule has 1 atom stereocenters. The summed E-state index contributed by atoms with van der Waals surface area (Å²) in [5.74, 6) is 0.127. The van der Waals surface area contributed by atoms with E-state index in [9.17, 15) is 28.4 Å². The number of thioether (sulfide) groups is 1. The molecule has 1 amide bonds. The maximum atomic E-state index is 14.0. The van der Waals surface area contributed by atoms with Crippen molar-refractivity contribution in [2.45, 2.75) is 55.7 Å². The number of anilines is 1. The van der Waals surface area contributed by atoms with E-state index in [-0.39, 0.29) is 39.8 Å². The Labute approximate surface area is 358 Å². The number of halogens is 1. The summed E-state index contributed by atoms with van der Waals surface area (Å²) in [6.07, 6.45) is 7.30. The van der Waals surface area contributed by atoms with Gasteiger partial charge in [0.05, 0.1) is 21.6 Å². The first kappa shape index (κ1) is 41.8. The van der Waals surface area contributed by atoms with Crippen molar-refractivity contribution in [2.24, 2.45) is 11.3 Å². The Bertz CT molecular complexity index is 2590. The van der Waals surface area contributed by atoms with Gasteiger partial charge >= 0.3 is 0 Å². The molecule has 2 aromatic heterocycles. The number of hydrogen-bond donors (Lipinski definition) is 3. The monoisotopic (exact) mass is 870 g/mol. The maximum Gasteiger partial charge on any atom is 0.275 e. The highest BCUT2D eigenvalue weighted by Gasteiger charge is 2.33. The third-order valence-corrected chi connectivity index (χ3v) is 14.6. The van der Waals surface area contributed by atoms with Crippen molar-refractivity contribution < 1.29 is 28.0 Å². The van der Waals surface area contributed by atoms with E-state index in [0.29, 0.717) is 40.5 Å². The second kappa shape index (κ2) is 17.2. The second-order valence-electron chi connectivity index (χ2n) is 16.6. The summed E-state index contributed by atoms with van der Waals surface area (Å²) >= 11 is 7.54. The number of benzene rings is 3. The van der Waals surface area contributed by atoms with Crippen LogP contribution in [-0.4, -0.2) is 84.3 Å². The van der Waals surface area contributed by atoms with Gasteiger partial charge in [-0.3, -0.25) is 19.8 Å². The van der Waals surface area contributed by atoms with Crippen molar-refractivity contribution in [3.63, 3.8) is 0 Å². The Morgan fingerprint density at radius 3 is 2.63 bits per heavy atom. The van der Waals surface area contributed by atoms with Gasteiger partial charge in [0.1, 0.15) is 17.1 Å². The summed E-state index contributed by atoms with van der Waals surface area (Å²) in [4.78, 5) is 37.7. The van der Waals surface area contributed by atoms with Crippen LogP contribution in [0.2, 0.25) is 5.02 Å². The van der Waals surface area contributed by atoms with Crippen LogP contribution in [0.5, 0.6) is 11.5 Å². The molecule has 60 heavy (non-hydrogen) atoms. The first-order valence-electron chi connectivity index (χ1n) is 20.1. The molecule has 4 heterocycles. The van der Waals surface area contributed by atoms with E-state index < -0.39 is 20.9 Å². The molecule has 3 aromatic carbocycles. The van der Waals surface area contributed by atoms with Crippen LogP contribution < -0.4 is 14.4 Å². The zero-order chi connectivity index (χ0) is 42.2. The number of amides is 1. The van der Waals surface area contributed by atoms with Gasteiger partial charge < -0.3 is 19.7 Å². The lowest BCUT2D eigenvalue weighted by Crippen LogP contribution is -2.47. The zero-order valence-corrected chi connectivity index (χ0v) is 35.8. The summed E-state index contributed by atoms with van der Waals surface area (Å²) in [6.45, 7) is 8.59. The van der Waals surface area contributed by atoms with E-state index >= 15 is 0 Å². The molecule has 1 aliphatic carbocycles. The highest BCUT2D eigenvalue weighted by molar-refractivity contribution is 7.99. The first-order valence-corrected chi connectivity index (χ1v) is 22.9. The van der Waals surface area contributed by atoms with Crippen molar-refractivity contribution in [3.8, 4) is 11.5 Å². The standard InChI is InChI=1S/C44H47ClN6O7S2/c1-44(2)12-9-31(38(24-44)29-3-5-32(45)6-4-29)26-49-14-16-50(17-15-49)33-7-8-36(40(21-33)58-34-20-30-10-13-46-42(30)47-25-34)43(53)48-60(56,57)35-22-39(51(54)55)37-19-28(11-18-52)27-59-41(37)23-35/h3-8,10,13,20-23,25,28,52H,9,11-12,14-19,24,26-27H2,1-2H3,(H,46,47)(H,48,53)/t28-/m1/s1. The SMILES string of the molecule is CC1(C)CCC(CN2CCN(c3ccc(C(=O)NS(=O)(=O)c4cc5c(c([N+](=O)[O-])c4)C[C@@H](CCO)CS5)c(Oc4cnc5[nH]ccc5c4)c3)CC2)=C(c2ccc(Cl)cc2)C1. The summed E-state index contributed by atoms with van der Waals surface area (Å²) < 4.78 is 36.0. The van der Waals surface area contributed by atoms with Gasteiger partial charge in [-0.2, -0.15) is 0 Å². The molecule has 0 bridgehead atoms. The van der Waals surface area contributed by atoms with Crippen molar-refractivity contribution in [1.29, 1.82) is 0 Å². The Kier molecular flexibility index (Phi) is 12.0. The number of allylic oxidation sites excluding steroid dienone is 1. The molecular formula is C44H47ClN6O7S2. The predicted molar refractivity (Wildman–Crippen MR) is 235 cm³/mol. The number of carbonyl (C=O) groups excluding carboxylic acids is 1. The minimum atomic E-state index is -4.57. The van der Waals surface area contributed by atoms with Crippen LogP contribution in [0, 0.1) is 21.4 Å². The number of sulfonamides is 1. The number of nitro benzene ring substituents is 1. The van der Waals surface area contributed by atoms with E-state index in [1.54, 1.807) is 30.5 Å². The number of hydrogen-bond acceptors (Lipinski definition) is 11. The third-order valence-electron chi connectivity index (χ3n) is 11.7. The van der Waals surface area contributed by atoms with Gasteiger partial charge in [-0.1, -0.05) is 43.2 Å². The normalized spacial score (nSPS) is 18.3. The lowest BCUT2D eigenvalue weighted by atomic mass is 9.72. The van der Waals surface area contributed by atoms with Crippen LogP contribution in [0.1, 0.15) is 61.0 Å². The summed E-state index contributed by atoms with van der Waals surface area (Å²) in [7, 11) is -4.57. The average molecular weight is 871 g/mol. The largest absolute Gasteiger partial charge is 0.455 e. The number of ether oxygens (including phenoxy) is 1. The average Bonchev–Trinajstić information content (AvgIpc) is 3.70. The maximum absolute atomic E-state index is 14.0. The predicted octanol–water partition coefficient (Wildman–Crippen LogP) is 8.47. The van der Waals surface area contributed by atoms with Crippen LogP contribution in [-0.2, 0) is 16.4 Å². The molecule has 8 rings (SSSR count). The Hall–Kier alpha value is -4.93. The van der Waals surface area contributed by atoms with Crippen LogP contribution in [0.15, 0.2) is 94.5 Å². The molecular weight excluding hydrogens is 824 g/mol. The van der Waals surface area contributed by atoms with Crippen molar-refractivity contribution in [3.05, 3.63) is 117 Å². The van der Waals surface area contributed by atoms with Crippen LogP contribution >= 0.6 is 23.4 Å². The summed E-state index contributed by atoms with van der Waals surface area (Å²) in [5, 5.41) is 23.1. The lowest BCUT2D eigenvalue weighted by molar-refractivity contribution is -0.386. The molecule has 2 aliphatic heterocycles. The van der Waals surface area contributed by atoms with E-state index in [0.717, 1.165) is 74.1 Å².